The summed E-state index contributed by atoms with van der Waals surface area (Å²) in [6, 6.07) is 3.57. The second-order valence-corrected chi connectivity index (χ2v) is 9.16. The number of oxime groups is 1. The van der Waals surface area contributed by atoms with Crippen molar-refractivity contribution < 1.29 is 28.6 Å². The van der Waals surface area contributed by atoms with Crippen LogP contribution in [0.3, 0.4) is 0 Å². The Labute approximate surface area is 177 Å². The molecule has 4 rings (SSSR count). The standard InChI is InChI=1S/C23H31NO6/c1-8-14-19(18-15(27-6)11-13(26-5)12-16(18)28-7)24-30-23(14)17-9-10-22(4,21(17,2)3)29-20(23)25/h11-12,14,17H,8-10H2,1-7H3/t14-,17+,22-,23+/m1/s1. The van der Waals surface area contributed by atoms with Gasteiger partial charge in [-0.3, -0.25) is 0 Å². The zero-order valence-corrected chi connectivity index (χ0v) is 18.8. The minimum atomic E-state index is -1.14. The fourth-order valence-electron chi connectivity index (χ4n) is 5.75. The summed E-state index contributed by atoms with van der Waals surface area (Å²) in [5, 5.41) is 4.48. The summed E-state index contributed by atoms with van der Waals surface area (Å²) in [5.74, 6) is 1.13. The van der Waals surface area contributed by atoms with Crippen LogP contribution < -0.4 is 14.2 Å². The van der Waals surface area contributed by atoms with Crippen molar-refractivity contribution in [2.75, 3.05) is 21.3 Å². The van der Waals surface area contributed by atoms with E-state index in [0.717, 1.165) is 12.8 Å². The number of hydrogen-bond acceptors (Lipinski definition) is 7. The Morgan fingerprint density at radius 3 is 2.27 bits per heavy atom. The van der Waals surface area contributed by atoms with Gasteiger partial charge in [0.05, 0.1) is 32.8 Å². The van der Waals surface area contributed by atoms with E-state index in [1.807, 2.05) is 13.8 Å². The van der Waals surface area contributed by atoms with Gasteiger partial charge in [0.15, 0.2) is 0 Å². The van der Waals surface area contributed by atoms with Crippen molar-refractivity contribution >= 4 is 11.7 Å². The van der Waals surface area contributed by atoms with Crippen LogP contribution in [0, 0.1) is 17.3 Å². The Hall–Kier alpha value is -2.44. The topological polar surface area (TPSA) is 75.6 Å². The average molecular weight is 418 g/mol. The fraction of sp³-hybridized carbons (Fsp3) is 0.652. The van der Waals surface area contributed by atoms with Crippen LogP contribution in [0.1, 0.15) is 52.5 Å². The van der Waals surface area contributed by atoms with Crippen molar-refractivity contribution in [3.8, 4) is 17.2 Å². The molecule has 0 radical (unpaired) electrons. The van der Waals surface area contributed by atoms with Crippen LogP contribution in [0.15, 0.2) is 17.3 Å². The molecule has 30 heavy (non-hydrogen) atoms. The van der Waals surface area contributed by atoms with Crippen LogP contribution in [-0.4, -0.2) is 44.2 Å². The van der Waals surface area contributed by atoms with Gasteiger partial charge in [-0.05, 0) is 26.2 Å². The Morgan fingerprint density at radius 1 is 1.10 bits per heavy atom. The van der Waals surface area contributed by atoms with Crippen molar-refractivity contribution in [2.45, 2.75) is 58.2 Å². The summed E-state index contributed by atoms with van der Waals surface area (Å²) < 4.78 is 22.7. The number of rotatable bonds is 5. The van der Waals surface area contributed by atoms with Crippen LogP contribution >= 0.6 is 0 Å². The molecular formula is C23H31NO6. The van der Waals surface area contributed by atoms with E-state index >= 15 is 0 Å². The van der Waals surface area contributed by atoms with E-state index in [9.17, 15) is 4.79 Å². The molecule has 2 heterocycles. The number of carbonyl (C=O) groups is 1. The largest absolute Gasteiger partial charge is 0.496 e. The molecule has 0 amide bonds. The fourth-order valence-corrected chi connectivity index (χ4v) is 5.75. The molecule has 7 heteroatoms. The Bertz CT molecular complexity index is 884. The molecule has 1 saturated heterocycles. The van der Waals surface area contributed by atoms with Gasteiger partial charge in [0, 0.05) is 23.5 Å². The number of benzene rings is 1. The molecule has 2 bridgehead atoms. The first-order valence-corrected chi connectivity index (χ1v) is 10.5. The first-order chi connectivity index (χ1) is 14.2. The van der Waals surface area contributed by atoms with Gasteiger partial charge in [-0.1, -0.05) is 25.9 Å². The van der Waals surface area contributed by atoms with Gasteiger partial charge in [0.2, 0.25) is 5.60 Å². The van der Waals surface area contributed by atoms with Crippen molar-refractivity contribution in [2.24, 2.45) is 22.4 Å². The van der Waals surface area contributed by atoms with Gasteiger partial charge in [0.25, 0.3) is 0 Å². The molecule has 1 aromatic carbocycles. The molecule has 1 aliphatic carbocycles. The molecule has 0 N–H and O–H groups in total. The summed E-state index contributed by atoms with van der Waals surface area (Å²) in [6.07, 6.45) is 2.34. The van der Waals surface area contributed by atoms with Crippen molar-refractivity contribution in [1.82, 2.24) is 0 Å². The van der Waals surface area contributed by atoms with Gasteiger partial charge in [0.1, 0.15) is 28.6 Å². The molecule has 0 unspecified atom stereocenters. The average Bonchev–Trinajstić information content (AvgIpc) is 3.16. The van der Waals surface area contributed by atoms with Gasteiger partial charge < -0.3 is 23.8 Å². The summed E-state index contributed by atoms with van der Waals surface area (Å²) in [7, 11) is 4.77. The van der Waals surface area contributed by atoms with Crippen molar-refractivity contribution in [3.05, 3.63) is 17.7 Å². The monoisotopic (exact) mass is 417 g/mol. The van der Waals surface area contributed by atoms with E-state index in [-0.39, 0.29) is 23.2 Å². The van der Waals surface area contributed by atoms with E-state index in [1.165, 1.54) is 0 Å². The van der Waals surface area contributed by atoms with E-state index in [4.69, 9.17) is 23.8 Å². The van der Waals surface area contributed by atoms with Crippen molar-refractivity contribution in [3.63, 3.8) is 0 Å². The lowest BCUT2D eigenvalue weighted by molar-refractivity contribution is -0.236. The number of carbonyl (C=O) groups excluding carboxylic acids is 1. The highest BCUT2D eigenvalue weighted by molar-refractivity contribution is 6.10. The zero-order valence-electron chi connectivity index (χ0n) is 18.8. The number of esters is 1. The predicted molar refractivity (Wildman–Crippen MR) is 111 cm³/mol. The maximum Gasteiger partial charge on any atom is 0.354 e. The highest BCUT2D eigenvalue weighted by Crippen LogP contribution is 2.64. The molecule has 2 aliphatic heterocycles. The maximum absolute atomic E-state index is 13.4. The van der Waals surface area contributed by atoms with Gasteiger partial charge in [-0.25, -0.2) is 4.79 Å². The molecule has 2 fully saturated rings. The first kappa shape index (κ1) is 20.8. The molecule has 1 spiro atoms. The molecule has 4 atom stereocenters. The van der Waals surface area contributed by atoms with E-state index in [2.05, 4.69) is 19.0 Å². The smallest absolute Gasteiger partial charge is 0.354 e. The number of methoxy groups -OCH3 is 3. The minimum absolute atomic E-state index is 0.00214. The van der Waals surface area contributed by atoms with E-state index in [0.29, 0.717) is 34.9 Å². The van der Waals surface area contributed by atoms with Gasteiger partial charge in [-0.15, -0.1) is 0 Å². The lowest BCUT2D eigenvalue weighted by Gasteiger charge is -2.52. The van der Waals surface area contributed by atoms with Crippen LogP contribution in [0.2, 0.25) is 0 Å². The molecule has 164 valence electrons. The molecule has 7 nitrogen and oxygen atoms in total. The van der Waals surface area contributed by atoms with Crippen LogP contribution in [0.5, 0.6) is 17.2 Å². The second kappa shape index (κ2) is 6.79. The molecule has 3 aliphatic rings. The Morgan fingerprint density at radius 2 is 1.73 bits per heavy atom. The van der Waals surface area contributed by atoms with Gasteiger partial charge >= 0.3 is 5.97 Å². The third-order valence-electron chi connectivity index (χ3n) is 7.82. The second-order valence-electron chi connectivity index (χ2n) is 9.16. The summed E-state index contributed by atoms with van der Waals surface area (Å²) in [5.41, 5.74) is -0.522. The zero-order chi connectivity index (χ0) is 21.9. The van der Waals surface area contributed by atoms with Crippen LogP contribution in [0.25, 0.3) is 0 Å². The van der Waals surface area contributed by atoms with Gasteiger partial charge in [-0.2, -0.15) is 0 Å². The number of hydrogen-bond donors (Lipinski definition) is 0. The maximum atomic E-state index is 13.4. The van der Waals surface area contributed by atoms with Crippen LogP contribution in [-0.2, 0) is 14.4 Å². The normalized spacial score (nSPS) is 33.7. The quantitative estimate of drug-likeness (QED) is 0.675. The lowest BCUT2D eigenvalue weighted by atomic mass is 9.60. The lowest BCUT2D eigenvalue weighted by Crippen LogP contribution is -2.65. The van der Waals surface area contributed by atoms with Crippen molar-refractivity contribution in [1.29, 1.82) is 0 Å². The molecule has 1 aromatic rings. The molecular weight excluding hydrogens is 386 g/mol. The van der Waals surface area contributed by atoms with E-state index < -0.39 is 11.2 Å². The highest BCUT2D eigenvalue weighted by atomic mass is 16.7. The molecule has 0 aromatic heterocycles. The van der Waals surface area contributed by atoms with E-state index in [1.54, 1.807) is 33.5 Å². The summed E-state index contributed by atoms with van der Waals surface area (Å²) in [4.78, 5) is 19.5. The Kier molecular flexibility index (Phi) is 4.71. The van der Waals surface area contributed by atoms with Crippen LogP contribution in [0.4, 0.5) is 0 Å². The minimum Gasteiger partial charge on any atom is -0.496 e. The highest BCUT2D eigenvalue weighted by Gasteiger charge is 2.74. The molecule has 1 saturated carbocycles. The number of fused-ring (bicyclic) bond motifs is 3. The number of ether oxygens (including phenoxy) is 4. The number of nitrogens with zero attached hydrogens (tertiary/aromatic N) is 1. The predicted octanol–water partition coefficient (Wildman–Crippen LogP) is 3.96. The third-order valence-corrected chi connectivity index (χ3v) is 7.82. The first-order valence-electron chi connectivity index (χ1n) is 10.5. The summed E-state index contributed by atoms with van der Waals surface area (Å²) >= 11 is 0. The Balaban J connectivity index is 1.85. The SMILES string of the molecule is CC[C@@H]1C(c2c(OC)cc(OC)cc2OC)=NO[C@@]12C(=O)O[C@]1(C)CC[C@H]2C1(C)C. The summed E-state index contributed by atoms with van der Waals surface area (Å²) in [6.45, 7) is 8.41. The third kappa shape index (κ3) is 2.44.